The SMILES string of the molecule is CCN(C)C(C)Cc1cc(C)c(Oc2nc(-c3ccccc3)ns2)cc1C. The Morgan fingerprint density at radius 1 is 1.11 bits per heavy atom. The molecule has 0 spiro atoms. The largest absolute Gasteiger partial charge is 0.430 e. The molecular weight excluding hydrogens is 354 g/mol. The van der Waals surface area contributed by atoms with Crippen LogP contribution in [0, 0.1) is 13.8 Å². The maximum Gasteiger partial charge on any atom is 0.299 e. The lowest BCUT2D eigenvalue weighted by molar-refractivity contribution is 0.269. The minimum Gasteiger partial charge on any atom is -0.430 e. The summed E-state index contributed by atoms with van der Waals surface area (Å²) < 4.78 is 10.5. The van der Waals surface area contributed by atoms with Crippen molar-refractivity contribution in [2.75, 3.05) is 13.6 Å². The van der Waals surface area contributed by atoms with Gasteiger partial charge in [0.05, 0.1) is 0 Å². The number of rotatable bonds is 7. The van der Waals surface area contributed by atoms with E-state index in [2.05, 4.69) is 61.1 Å². The van der Waals surface area contributed by atoms with Crippen LogP contribution in [-0.4, -0.2) is 33.9 Å². The number of nitrogens with zero attached hydrogens (tertiary/aromatic N) is 3. The summed E-state index contributed by atoms with van der Waals surface area (Å²) in [5, 5.41) is 0.572. The van der Waals surface area contributed by atoms with Crippen LogP contribution in [0.25, 0.3) is 11.4 Å². The molecule has 0 aliphatic heterocycles. The summed E-state index contributed by atoms with van der Waals surface area (Å²) in [7, 11) is 2.17. The standard InChI is InChI=1S/C22H27N3OS/c1-6-25(5)17(4)14-19-12-16(3)20(13-15(19)2)26-22-23-21(24-27-22)18-10-8-7-9-11-18/h7-13,17H,6,14H2,1-5H3. The van der Waals surface area contributed by atoms with Gasteiger partial charge in [-0.1, -0.05) is 43.3 Å². The Morgan fingerprint density at radius 2 is 1.85 bits per heavy atom. The zero-order chi connectivity index (χ0) is 19.4. The molecule has 0 aliphatic rings. The Morgan fingerprint density at radius 3 is 2.56 bits per heavy atom. The van der Waals surface area contributed by atoms with E-state index in [-0.39, 0.29) is 0 Å². The molecule has 0 saturated heterocycles. The van der Waals surface area contributed by atoms with Crippen molar-refractivity contribution in [2.24, 2.45) is 0 Å². The first kappa shape index (κ1) is 19.5. The molecule has 0 saturated carbocycles. The van der Waals surface area contributed by atoms with Crippen molar-refractivity contribution in [3.05, 3.63) is 59.2 Å². The van der Waals surface area contributed by atoms with Gasteiger partial charge in [0.1, 0.15) is 5.75 Å². The molecule has 27 heavy (non-hydrogen) atoms. The molecule has 4 nitrogen and oxygen atoms in total. The summed E-state index contributed by atoms with van der Waals surface area (Å²) in [6.07, 6.45) is 1.04. The molecule has 0 fully saturated rings. The molecule has 1 aromatic heterocycles. The van der Waals surface area contributed by atoms with E-state index in [4.69, 9.17) is 4.74 Å². The fourth-order valence-electron chi connectivity index (χ4n) is 3.01. The van der Waals surface area contributed by atoms with Gasteiger partial charge in [-0.15, -0.1) is 0 Å². The number of likely N-dealkylation sites (N-methyl/N-ethyl adjacent to an activating group) is 1. The van der Waals surface area contributed by atoms with Crippen LogP contribution in [0.5, 0.6) is 10.9 Å². The average molecular weight is 382 g/mol. The number of hydrogen-bond acceptors (Lipinski definition) is 5. The number of aryl methyl sites for hydroxylation is 2. The second-order valence-electron chi connectivity index (χ2n) is 7.02. The highest BCUT2D eigenvalue weighted by molar-refractivity contribution is 7.07. The van der Waals surface area contributed by atoms with Crippen LogP contribution in [0.15, 0.2) is 42.5 Å². The highest BCUT2D eigenvalue weighted by atomic mass is 32.1. The van der Waals surface area contributed by atoms with Crippen molar-refractivity contribution >= 4 is 11.5 Å². The summed E-state index contributed by atoms with van der Waals surface area (Å²) in [5.74, 6) is 1.56. The normalized spacial score (nSPS) is 12.4. The van der Waals surface area contributed by atoms with E-state index < -0.39 is 0 Å². The summed E-state index contributed by atoms with van der Waals surface area (Å²) in [6.45, 7) is 9.76. The maximum atomic E-state index is 6.06. The predicted molar refractivity (Wildman–Crippen MR) is 113 cm³/mol. The molecule has 2 aromatic carbocycles. The molecule has 1 heterocycles. The van der Waals surface area contributed by atoms with Gasteiger partial charge in [-0.3, -0.25) is 0 Å². The lowest BCUT2D eigenvalue weighted by Gasteiger charge is -2.24. The van der Waals surface area contributed by atoms with Crippen molar-refractivity contribution < 1.29 is 4.74 Å². The van der Waals surface area contributed by atoms with Gasteiger partial charge in [0.2, 0.25) is 0 Å². The number of aromatic nitrogens is 2. The number of ether oxygens (including phenoxy) is 1. The minimum absolute atomic E-state index is 0.511. The molecule has 3 rings (SSSR count). The van der Waals surface area contributed by atoms with Gasteiger partial charge < -0.3 is 9.64 Å². The van der Waals surface area contributed by atoms with Gasteiger partial charge in [0.25, 0.3) is 5.19 Å². The van der Waals surface area contributed by atoms with E-state index >= 15 is 0 Å². The Kier molecular flexibility index (Phi) is 6.24. The molecule has 0 amide bonds. The van der Waals surface area contributed by atoms with Gasteiger partial charge in [-0.2, -0.15) is 9.36 Å². The Hall–Kier alpha value is -2.24. The van der Waals surface area contributed by atoms with E-state index in [1.165, 1.54) is 22.7 Å². The first-order chi connectivity index (χ1) is 13.0. The van der Waals surface area contributed by atoms with Crippen LogP contribution in [0.1, 0.15) is 30.5 Å². The first-order valence-corrected chi connectivity index (χ1v) is 10.1. The number of hydrogen-bond donors (Lipinski definition) is 0. The van der Waals surface area contributed by atoms with Crippen molar-refractivity contribution in [3.63, 3.8) is 0 Å². The van der Waals surface area contributed by atoms with Crippen LogP contribution in [-0.2, 0) is 6.42 Å². The van der Waals surface area contributed by atoms with Crippen molar-refractivity contribution in [1.82, 2.24) is 14.3 Å². The zero-order valence-electron chi connectivity index (χ0n) is 16.7. The Labute approximate surface area is 166 Å². The van der Waals surface area contributed by atoms with Gasteiger partial charge in [-0.25, -0.2) is 0 Å². The second kappa shape index (κ2) is 8.63. The fraction of sp³-hybridized carbons (Fsp3) is 0.364. The molecule has 0 N–H and O–H groups in total. The smallest absolute Gasteiger partial charge is 0.299 e. The summed E-state index contributed by atoms with van der Waals surface area (Å²) in [5.41, 5.74) is 4.74. The number of benzene rings is 2. The highest BCUT2D eigenvalue weighted by Crippen LogP contribution is 2.31. The average Bonchev–Trinajstić information content (AvgIpc) is 3.14. The summed E-state index contributed by atoms with van der Waals surface area (Å²) in [6, 6.07) is 14.8. The lowest BCUT2D eigenvalue weighted by atomic mass is 9.98. The van der Waals surface area contributed by atoms with Crippen LogP contribution >= 0.6 is 11.5 Å². The molecule has 0 aliphatic carbocycles. The molecule has 142 valence electrons. The quantitative estimate of drug-likeness (QED) is 0.542. The van der Waals surface area contributed by atoms with Crippen LogP contribution in [0.3, 0.4) is 0 Å². The van der Waals surface area contributed by atoms with Crippen molar-refractivity contribution in [1.29, 1.82) is 0 Å². The van der Waals surface area contributed by atoms with Gasteiger partial charge in [-0.05, 0) is 63.5 Å². The van der Waals surface area contributed by atoms with Crippen molar-refractivity contribution in [3.8, 4) is 22.3 Å². The Balaban J connectivity index is 1.76. The molecule has 1 atom stereocenters. The van der Waals surface area contributed by atoms with Crippen LogP contribution < -0.4 is 4.74 Å². The third-order valence-corrected chi connectivity index (χ3v) is 5.63. The van der Waals surface area contributed by atoms with Crippen molar-refractivity contribution in [2.45, 2.75) is 40.2 Å². The first-order valence-electron chi connectivity index (χ1n) is 9.35. The lowest BCUT2D eigenvalue weighted by Crippen LogP contribution is -2.30. The summed E-state index contributed by atoms with van der Waals surface area (Å²) >= 11 is 1.29. The topological polar surface area (TPSA) is 38.2 Å². The van der Waals surface area contributed by atoms with Crippen LogP contribution in [0.2, 0.25) is 0 Å². The third kappa shape index (κ3) is 4.73. The third-order valence-electron chi connectivity index (χ3n) is 5.04. The molecular formula is C22H27N3OS. The van der Waals surface area contributed by atoms with Crippen LogP contribution in [0.4, 0.5) is 0 Å². The Bertz CT molecular complexity index is 892. The second-order valence-corrected chi connectivity index (χ2v) is 7.74. The fourth-order valence-corrected chi connectivity index (χ4v) is 3.58. The predicted octanol–water partition coefficient (Wildman–Crippen LogP) is 5.50. The van der Waals surface area contributed by atoms with E-state index in [0.717, 1.165) is 29.8 Å². The van der Waals surface area contributed by atoms with Gasteiger partial charge in [0.15, 0.2) is 5.82 Å². The maximum absolute atomic E-state index is 6.06. The van der Waals surface area contributed by atoms with E-state index in [9.17, 15) is 0 Å². The summed E-state index contributed by atoms with van der Waals surface area (Å²) in [4.78, 5) is 6.90. The monoisotopic (exact) mass is 381 g/mol. The van der Waals surface area contributed by atoms with Gasteiger partial charge in [0, 0.05) is 23.1 Å². The van der Waals surface area contributed by atoms with E-state index in [1.54, 1.807) is 0 Å². The highest BCUT2D eigenvalue weighted by Gasteiger charge is 2.14. The molecule has 5 heteroatoms. The van der Waals surface area contributed by atoms with E-state index in [1.807, 2.05) is 30.3 Å². The zero-order valence-corrected chi connectivity index (χ0v) is 17.5. The molecule has 0 bridgehead atoms. The minimum atomic E-state index is 0.511. The molecule has 1 unspecified atom stereocenters. The van der Waals surface area contributed by atoms with Gasteiger partial charge >= 0.3 is 0 Å². The molecule has 0 radical (unpaired) electrons. The molecule has 3 aromatic rings. The van der Waals surface area contributed by atoms with E-state index in [0.29, 0.717) is 17.1 Å².